The van der Waals surface area contributed by atoms with Crippen LogP contribution in [0.25, 0.3) is 16.6 Å². The number of hydrogen-bond donors (Lipinski definition) is 1. The van der Waals surface area contributed by atoms with Crippen LogP contribution < -0.4 is 10.9 Å². The van der Waals surface area contributed by atoms with Gasteiger partial charge in [-0.1, -0.05) is 22.0 Å². The average Bonchev–Trinajstić information content (AvgIpc) is 3.11. The van der Waals surface area contributed by atoms with Gasteiger partial charge in [0.1, 0.15) is 5.65 Å². The van der Waals surface area contributed by atoms with Crippen LogP contribution in [0.2, 0.25) is 0 Å². The molecule has 1 amide bonds. The first-order valence-corrected chi connectivity index (χ1v) is 9.73. The third-order valence-corrected chi connectivity index (χ3v) is 4.98. The van der Waals surface area contributed by atoms with Crippen LogP contribution in [0.3, 0.4) is 0 Å². The molecule has 1 aromatic carbocycles. The van der Waals surface area contributed by atoms with Crippen molar-refractivity contribution in [2.75, 3.05) is 6.54 Å². The van der Waals surface area contributed by atoms with Gasteiger partial charge in [0.15, 0.2) is 0 Å². The van der Waals surface area contributed by atoms with Crippen molar-refractivity contribution in [1.29, 1.82) is 0 Å². The van der Waals surface area contributed by atoms with Crippen molar-refractivity contribution in [1.82, 2.24) is 24.3 Å². The predicted molar refractivity (Wildman–Crippen MR) is 110 cm³/mol. The molecule has 0 fully saturated rings. The number of nitrogens with zero attached hydrogens (tertiary/aromatic N) is 4. The lowest BCUT2D eigenvalue weighted by atomic mass is 10.2. The second-order valence-electron chi connectivity index (χ2n) is 6.45. The molecule has 3 aromatic heterocycles. The molecule has 0 aliphatic carbocycles. The predicted octanol–water partition coefficient (Wildman–Crippen LogP) is 2.56. The minimum atomic E-state index is -0.149. The number of amides is 1. The van der Waals surface area contributed by atoms with Gasteiger partial charge < -0.3 is 9.72 Å². The van der Waals surface area contributed by atoms with Gasteiger partial charge >= 0.3 is 0 Å². The molecular weight excluding hydrogens is 422 g/mol. The van der Waals surface area contributed by atoms with E-state index >= 15 is 0 Å². The summed E-state index contributed by atoms with van der Waals surface area (Å²) in [7, 11) is 0. The molecule has 0 aliphatic rings. The molecule has 3 heterocycles. The first-order chi connectivity index (χ1) is 13.6. The molecule has 0 bridgehead atoms. The van der Waals surface area contributed by atoms with Crippen LogP contribution in [0.5, 0.6) is 0 Å². The highest BCUT2D eigenvalue weighted by molar-refractivity contribution is 9.10. The third kappa shape index (κ3) is 3.96. The summed E-state index contributed by atoms with van der Waals surface area (Å²) >= 11 is 3.37. The lowest BCUT2D eigenvalue weighted by Gasteiger charge is -2.07. The Morgan fingerprint density at radius 1 is 1.21 bits per heavy atom. The van der Waals surface area contributed by atoms with Crippen molar-refractivity contribution in [2.45, 2.75) is 19.4 Å². The number of imidazole rings is 1. The van der Waals surface area contributed by atoms with E-state index < -0.39 is 0 Å². The van der Waals surface area contributed by atoms with Crippen molar-refractivity contribution < 1.29 is 4.79 Å². The summed E-state index contributed by atoms with van der Waals surface area (Å²) in [5.74, 6) is -0.106. The highest BCUT2D eigenvalue weighted by Gasteiger charge is 2.08. The molecule has 0 spiro atoms. The maximum absolute atomic E-state index is 12.5. The fraction of sp³-hybridized carbons (Fsp3) is 0.200. The second kappa shape index (κ2) is 7.93. The highest BCUT2D eigenvalue weighted by atomic mass is 79.9. The van der Waals surface area contributed by atoms with E-state index in [1.165, 1.54) is 10.9 Å². The normalized spacial score (nSPS) is 11.2. The molecule has 0 unspecified atom stereocenters. The van der Waals surface area contributed by atoms with Gasteiger partial charge in [-0.05, 0) is 30.3 Å². The van der Waals surface area contributed by atoms with Gasteiger partial charge in [0, 0.05) is 42.8 Å². The Kier molecular flexibility index (Phi) is 5.21. The number of aryl methyl sites for hydroxylation is 1. The second-order valence-corrected chi connectivity index (χ2v) is 7.37. The maximum atomic E-state index is 12.5. The Labute approximate surface area is 169 Å². The van der Waals surface area contributed by atoms with Gasteiger partial charge in [0.05, 0.1) is 22.9 Å². The topological polar surface area (TPSA) is 81.3 Å². The number of halogens is 1. The summed E-state index contributed by atoms with van der Waals surface area (Å²) in [6.45, 7) is 0.787. The Morgan fingerprint density at radius 3 is 2.96 bits per heavy atom. The van der Waals surface area contributed by atoms with Gasteiger partial charge in [-0.3, -0.25) is 14.2 Å². The third-order valence-electron chi connectivity index (χ3n) is 4.48. The first-order valence-electron chi connectivity index (χ1n) is 8.94. The van der Waals surface area contributed by atoms with E-state index in [1.807, 2.05) is 41.1 Å². The van der Waals surface area contributed by atoms with Crippen molar-refractivity contribution in [3.63, 3.8) is 0 Å². The number of carbonyl (C=O) groups is 1. The minimum Gasteiger partial charge on any atom is -0.356 e. The number of aromatic nitrogens is 4. The van der Waals surface area contributed by atoms with E-state index in [4.69, 9.17) is 0 Å². The van der Waals surface area contributed by atoms with Gasteiger partial charge in [0.25, 0.3) is 5.56 Å². The molecule has 0 atom stereocenters. The van der Waals surface area contributed by atoms with Crippen LogP contribution in [0.4, 0.5) is 0 Å². The zero-order valence-corrected chi connectivity index (χ0v) is 16.6. The average molecular weight is 440 g/mol. The van der Waals surface area contributed by atoms with Crippen molar-refractivity contribution in [3.8, 4) is 0 Å². The number of nitrogens with one attached hydrogen (secondary N) is 1. The highest BCUT2D eigenvalue weighted by Crippen LogP contribution is 2.14. The molecule has 8 heteroatoms. The smallest absolute Gasteiger partial charge is 0.261 e. The molecule has 28 heavy (non-hydrogen) atoms. The first kappa shape index (κ1) is 18.4. The lowest BCUT2D eigenvalue weighted by Crippen LogP contribution is -2.29. The van der Waals surface area contributed by atoms with Gasteiger partial charge in [-0.25, -0.2) is 9.97 Å². The summed E-state index contributed by atoms with van der Waals surface area (Å²) in [6.07, 6.45) is 6.26. The molecule has 4 aromatic rings. The molecule has 0 saturated carbocycles. The number of hydrogen-bond acceptors (Lipinski definition) is 4. The molecule has 7 nitrogen and oxygen atoms in total. The van der Waals surface area contributed by atoms with E-state index in [2.05, 4.69) is 31.2 Å². The number of benzene rings is 1. The largest absolute Gasteiger partial charge is 0.356 e. The summed E-state index contributed by atoms with van der Waals surface area (Å²) in [5.41, 5.74) is 2.30. The van der Waals surface area contributed by atoms with Gasteiger partial charge in [-0.15, -0.1) is 0 Å². The summed E-state index contributed by atoms with van der Waals surface area (Å²) in [4.78, 5) is 33.5. The fourth-order valence-corrected chi connectivity index (χ4v) is 3.40. The molecule has 142 valence electrons. The van der Waals surface area contributed by atoms with E-state index in [0.717, 1.165) is 15.8 Å². The minimum absolute atomic E-state index is 0.106. The Balaban J connectivity index is 1.32. The van der Waals surface area contributed by atoms with Crippen molar-refractivity contribution in [2.24, 2.45) is 0 Å². The van der Waals surface area contributed by atoms with Crippen LogP contribution in [0.15, 0.2) is 64.4 Å². The van der Waals surface area contributed by atoms with Crippen LogP contribution in [-0.2, 0) is 17.8 Å². The van der Waals surface area contributed by atoms with Gasteiger partial charge in [-0.2, -0.15) is 0 Å². The maximum Gasteiger partial charge on any atom is 0.261 e. The molecule has 1 N–H and O–H groups in total. The van der Waals surface area contributed by atoms with E-state index in [9.17, 15) is 9.59 Å². The van der Waals surface area contributed by atoms with Crippen LogP contribution >= 0.6 is 15.9 Å². The van der Waals surface area contributed by atoms with Crippen molar-refractivity contribution in [3.05, 3.63) is 75.6 Å². The molecule has 0 saturated heterocycles. The van der Waals surface area contributed by atoms with Crippen LogP contribution in [0.1, 0.15) is 12.1 Å². The Hall–Kier alpha value is -3.00. The van der Waals surface area contributed by atoms with E-state index in [0.29, 0.717) is 23.9 Å². The fourth-order valence-electron chi connectivity index (χ4n) is 3.04. The Morgan fingerprint density at radius 2 is 2.11 bits per heavy atom. The molecule has 0 radical (unpaired) electrons. The number of pyridine rings is 1. The number of fused-ring (bicyclic) bond motifs is 2. The van der Waals surface area contributed by atoms with Crippen molar-refractivity contribution >= 4 is 38.4 Å². The van der Waals surface area contributed by atoms with Crippen LogP contribution in [-0.4, -0.2) is 31.4 Å². The number of carbonyl (C=O) groups excluding carboxylic acids is 1. The lowest BCUT2D eigenvalue weighted by molar-refractivity contribution is -0.121. The molecule has 4 rings (SSSR count). The monoisotopic (exact) mass is 439 g/mol. The summed E-state index contributed by atoms with van der Waals surface area (Å²) < 4.78 is 4.24. The van der Waals surface area contributed by atoms with E-state index in [1.54, 1.807) is 12.1 Å². The standard InChI is InChI=1S/C20H18BrN5O2/c21-14-4-5-17-16(11-14)20(28)26(13-23-17)10-7-19(27)22-8-6-15-12-25-9-2-1-3-18(25)24-15/h1-5,9,11-13H,6-8,10H2,(H,22,27). The molecular formula is C20H18BrN5O2. The van der Waals surface area contributed by atoms with E-state index in [-0.39, 0.29) is 24.4 Å². The SMILES string of the molecule is O=C(CCn1cnc2ccc(Br)cc2c1=O)NCCc1cn2ccccc2n1. The number of rotatable bonds is 6. The van der Waals surface area contributed by atoms with Crippen LogP contribution in [0, 0.1) is 0 Å². The summed E-state index contributed by atoms with van der Waals surface area (Å²) in [5, 5.41) is 3.41. The summed E-state index contributed by atoms with van der Waals surface area (Å²) in [6, 6.07) is 11.2. The zero-order valence-electron chi connectivity index (χ0n) is 15.0. The molecule has 0 aliphatic heterocycles. The quantitative estimate of drug-likeness (QED) is 0.500. The Bertz CT molecular complexity index is 1180. The van der Waals surface area contributed by atoms with Gasteiger partial charge in [0.2, 0.25) is 5.91 Å². The zero-order chi connectivity index (χ0) is 19.5.